The molecule has 5 nitrogen and oxygen atoms in total. The molecule has 0 radical (unpaired) electrons. The minimum absolute atomic E-state index is 0. The molecule has 8 heteroatoms. The van der Waals surface area contributed by atoms with Gasteiger partial charge in [-0.3, -0.25) is 4.99 Å². The number of halogens is 2. The number of nitrogens with zero attached hydrogens (tertiary/aromatic N) is 1. The molecule has 136 valence electrons. The highest BCUT2D eigenvalue weighted by molar-refractivity contribution is 14.0. The molecule has 0 spiro atoms. The molecule has 0 aliphatic heterocycles. The molecule has 0 aliphatic carbocycles. The van der Waals surface area contributed by atoms with Crippen molar-refractivity contribution in [3.8, 4) is 0 Å². The number of hydrogen-bond acceptors (Lipinski definition) is 3. The summed E-state index contributed by atoms with van der Waals surface area (Å²) in [4.78, 5) is 3.67. The lowest BCUT2D eigenvalue weighted by Gasteiger charge is -2.08. The van der Waals surface area contributed by atoms with Gasteiger partial charge in [-0.15, -0.1) is 24.0 Å². The second-order valence-electron chi connectivity index (χ2n) is 5.44. The molecule has 0 saturated carbocycles. The van der Waals surface area contributed by atoms with Crippen molar-refractivity contribution in [2.24, 2.45) is 10.7 Å². The maximum absolute atomic E-state index is 13.6. The topological polar surface area (TPSA) is 84.5 Å². The number of sulfone groups is 1. The molecule has 0 saturated heterocycles. The first-order chi connectivity index (χ1) is 11.3. The van der Waals surface area contributed by atoms with Crippen molar-refractivity contribution in [1.82, 2.24) is 0 Å². The van der Waals surface area contributed by atoms with Crippen LogP contribution in [0.25, 0.3) is 0 Å². The molecule has 25 heavy (non-hydrogen) atoms. The van der Waals surface area contributed by atoms with E-state index >= 15 is 0 Å². The van der Waals surface area contributed by atoms with E-state index in [1.807, 2.05) is 32.0 Å². The quantitative estimate of drug-likeness (QED) is 0.394. The van der Waals surface area contributed by atoms with Crippen molar-refractivity contribution in [1.29, 1.82) is 0 Å². The average Bonchev–Trinajstić information content (AvgIpc) is 2.51. The standard InChI is InChI=1S/C17H20FN3O2S.HI/c1-12-7-8-14(11-13(12)2)21-17(19)20-9-10-24(22,23)16-6-4-3-5-15(16)18;/h3-8,11H,9-10H2,1-2H3,(H3,19,20,21);1H. The number of nitrogens with one attached hydrogen (secondary N) is 1. The molecule has 3 N–H and O–H groups in total. The number of hydrogen-bond donors (Lipinski definition) is 2. The van der Waals surface area contributed by atoms with E-state index in [-0.39, 0.29) is 47.1 Å². The zero-order valence-corrected chi connectivity index (χ0v) is 17.1. The van der Waals surface area contributed by atoms with Crippen LogP contribution < -0.4 is 11.1 Å². The van der Waals surface area contributed by atoms with Crippen LogP contribution in [0, 0.1) is 19.7 Å². The van der Waals surface area contributed by atoms with Crippen LogP contribution in [0.3, 0.4) is 0 Å². The number of guanidine groups is 1. The molecule has 0 atom stereocenters. The van der Waals surface area contributed by atoms with Crippen LogP contribution in [-0.4, -0.2) is 26.7 Å². The van der Waals surface area contributed by atoms with Crippen LogP contribution >= 0.6 is 24.0 Å². The van der Waals surface area contributed by atoms with Gasteiger partial charge >= 0.3 is 0 Å². The third-order valence-corrected chi connectivity index (χ3v) is 5.31. The number of aliphatic imine (C=N–C) groups is 1. The van der Waals surface area contributed by atoms with Crippen molar-refractivity contribution in [2.45, 2.75) is 18.7 Å². The Morgan fingerprint density at radius 2 is 1.84 bits per heavy atom. The van der Waals surface area contributed by atoms with Gasteiger partial charge in [0.05, 0.1) is 12.3 Å². The monoisotopic (exact) mass is 477 g/mol. The maximum atomic E-state index is 13.6. The van der Waals surface area contributed by atoms with Crippen LogP contribution in [0.5, 0.6) is 0 Å². The molecule has 0 fully saturated rings. The largest absolute Gasteiger partial charge is 0.370 e. The minimum Gasteiger partial charge on any atom is -0.370 e. The summed E-state index contributed by atoms with van der Waals surface area (Å²) < 4.78 is 37.8. The van der Waals surface area contributed by atoms with Gasteiger partial charge in [-0.25, -0.2) is 12.8 Å². The molecular formula is C17H21FIN3O2S. The van der Waals surface area contributed by atoms with E-state index in [4.69, 9.17) is 5.73 Å². The minimum atomic E-state index is -3.74. The Balaban J connectivity index is 0.00000312. The first kappa shape index (κ1) is 21.4. The van der Waals surface area contributed by atoms with Gasteiger partial charge in [0.1, 0.15) is 10.7 Å². The third-order valence-electron chi connectivity index (χ3n) is 3.59. The van der Waals surface area contributed by atoms with E-state index in [0.717, 1.165) is 22.9 Å². The predicted molar refractivity (Wildman–Crippen MR) is 110 cm³/mol. The fourth-order valence-corrected chi connectivity index (χ4v) is 3.30. The molecule has 2 aromatic carbocycles. The Morgan fingerprint density at radius 1 is 1.16 bits per heavy atom. The summed E-state index contributed by atoms with van der Waals surface area (Å²) in [6.45, 7) is 3.93. The second-order valence-corrected chi connectivity index (χ2v) is 7.52. The average molecular weight is 477 g/mol. The normalized spacial score (nSPS) is 11.7. The lowest BCUT2D eigenvalue weighted by atomic mass is 10.1. The SMILES string of the molecule is Cc1ccc(NC(N)=NCCS(=O)(=O)c2ccccc2F)cc1C.I. The highest BCUT2D eigenvalue weighted by Gasteiger charge is 2.18. The van der Waals surface area contributed by atoms with Gasteiger partial charge in [-0.2, -0.15) is 0 Å². The molecule has 0 aromatic heterocycles. The Labute approximate surface area is 164 Å². The van der Waals surface area contributed by atoms with Crippen molar-refractivity contribution < 1.29 is 12.8 Å². The van der Waals surface area contributed by atoms with Gasteiger partial charge in [0.2, 0.25) is 0 Å². The van der Waals surface area contributed by atoms with E-state index in [1.54, 1.807) is 0 Å². The van der Waals surface area contributed by atoms with E-state index in [9.17, 15) is 12.8 Å². The molecule has 0 heterocycles. The third kappa shape index (κ3) is 5.96. The van der Waals surface area contributed by atoms with Crippen LogP contribution in [0.15, 0.2) is 52.4 Å². The number of anilines is 1. The number of nitrogens with two attached hydrogens (primary N) is 1. The van der Waals surface area contributed by atoms with Crippen LogP contribution in [0.1, 0.15) is 11.1 Å². The smallest absolute Gasteiger partial charge is 0.193 e. The summed E-state index contributed by atoms with van der Waals surface area (Å²) in [6, 6.07) is 11.0. The van der Waals surface area contributed by atoms with E-state index < -0.39 is 15.7 Å². The highest BCUT2D eigenvalue weighted by Crippen LogP contribution is 2.15. The van der Waals surface area contributed by atoms with E-state index in [2.05, 4.69) is 10.3 Å². The first-order valence-corrected chi connectivity index (χ1v) is 9.06. The van der Waals surface area contributed by atoms with Gasteiger partial charge in [0.15, 0.2) is 15.8 Å². The number of aryl methyl sites for hydroxylation is 2. The highest BCUT2D eigenvalue weighted by atomic mass is 127. The lowest BCUT2D eigenvalue weighted by molar-refractivity contribution is 0.567. The van der Waals surface area contributed by atoms with Crippen LogP contribution in [0.4, 0.5) is 10.1 Å². The Hall–Kier alpha value is -1.68. The summed E-state index contributed by atoms with van der Waals surface area (Å²) in [5.74, 6) is -0.965. The maximum Gasteiger partial charge on any atom is 0.193 e. The van der Waals surface area contributed by atoms with Gasteiger partial charge in [-0.1, -0.05) is 18.2 Å². The van der Waals surface area contributed by atoms with Crippen molar-refractivity contribution in [3.05, 3.63) is 59.4 Å². The second kappa shape index (κ2) is 9.14. The molecule has 0 bridgehead atoms. The van der Waals surface area contributed by atoms with Crippen molar-refractivity contribution in [3.63, 3.8) is 0 Å². The molecule has 0 aliphatic rings. The molecule has 0 unspecified atom stereocenters. The van der Waals surface area contributed by atoms with E-state index in [1.165, 1.54) is 18.2 Å². The van der Waals surface area contributed by atoms with Crippen molar-refractivity contribution >= 4 is 45.5 Å². The number of rotatable bonds is 5. The van der Waals surface area contributed by atoms with Gasteiger partial charge < -0.3 is 11.1 Å². The fourth-order valence-electron chi connectivity index (χ4n) is 2.10. The molecule has 0 amide bonds. The summed E-state index contributed by atoms with van der Waals surface area (Å²) in [5, 5.41) is 2.91. The van der Waals surface area contributed by atoms with Crippen LogP contribution in [-0.2, 0) is 9.84 Å². The fraction of sp³-hybridized carbons (Fsp3) is 0.235. The summed E-state index contributed by atoms with van der Waals surface area (Å²) in [7, 11) is -3.74. The molecule has 2 rings (SSSR count). The van der Waals surface area contributed by atoms with Gasteiger partial charge in [-0.05, 0) is 49.2 Å². The van der Waals surface area contributed by atoms with E-state index in [0.29, 0.717) is 0 Å². The Bertz CT molecular complexity index is 870. The van der Waals surface area contributed by atoms with Crippen LogP contribution in [0.2, 0.25) is 0 Å². The lowest BCUT2D eigenvalue weighted by Crippen LogP contribution is -2.24. The zero-order valence-electron chi connectivity index (χ0n) is 14.0. The Kier molecular flexibility index (Phi) is 7.81. The molecular weight excluding hydrogens is 456 g/mol. The molecule has 2 aromatic rings. The number of benzene rings is 2. The predicted octanol–water partition coefficient (Wildman–Crippen LogP) is 3.26. The van der Waals surface area contributed by atoms with Crippen molar-refractivity contribution in [2.75, 3.05) is 17.6 Å². The summed E-state index contributed by atoms with van der Waals surface area (Å²) in [5.41, 5.74) is 8.80. The van der Waals surface area contributed by atoms with Gasteiger partial charge in [0, 0.05) is 5.69 Å². The Morgan fingerprint density at radius 3 is 2.48 bits per heavy atom. The summed E-state index contributed by atoms with van der Waals surface area (Å²) in [6.07, 6.45) is 0. The summed E-state index contributed by atoms with van der Waals surface area (Å²) >= 11 is 0. The zero-order chi connectivity index (χ0) is 17.7. The first-order valence-electron chi connectivity index (χ1n) is 7.41. The van der Waals surface area contributed by atoms with Gasteiger partial charge in [0.25, 0.3) is 0 Å².